The first-order valence-electron chi connectivity index (χ1n) is 9.90. The molecule has 0 bridgehead atoms. The van der Waals surface area contributed by atoms with Crippen LogP contribution in [0, 0.1) is 13.8 Å². The molecule has 4 heteroatoms. The van der Waals surface area contributed by atoms with E-state index >= 15 is 0 Å². The van der Waals surface area contributed by atoms with E-state index in [2.05, 4.69) is 118 Å². The molecule has 1 N–H and O–H groups in total. The monoisotopic (exact) mass is 523 g/mol. The summed E-state index contributed by atoms with van der Waals surface area (Å²) in [7, 11) is 0. The molecular weight excluding hydrogens is 502 g/mol. The van der Waals surface area contributed by atoms with Crippen LogP contribution in [0.3, 0.4) is 0 Å². The van der Waals surface area contributed by atoms with Crippen LogP contribution in [0.25, 0.3) is 10.8 Å². The minimum absolute atomic E-state index is 0.512. The van der Waals surface area contributed by atoms with E-state index in [0.717, 1.165) is 25.9 Å². The Labute approximate surface area is 194 Å². The third-order valence-electron chi connectivity index (χ3n) is 5.20. The summed E-state index contributed by atoms with van der Waals surface area (Å²) in [4.78, 5) is 0. The Morgan fingerprint density at radius 3 is 2.50 bits per heavy atom. The molecule has 0 amide bonds. The third kappa shape index (κ3) is 4.71. The molecule has 0 unspecified atom stereocenters. The molecule has 30 heavy (non-hydrogen) atoms. The van der Waals surface area contributed by atoms with Crippen LogP contribution in [0.15, 0.2) is 81.7 Å². The lowest BCUT2D eigenvalue weighted by atomic mass is 10.1. The highest BCUT2D eigenvalue weighted by atomic mass is 79.9. The molecule has 152 valence electrons. The zero-order valence-corrected chi connectivity index (χ0v) is 20.2. The normalized spacial score (nSPS) is 10.9. The van der Waals surface area contributed by atoms with E-state index in [1.165, 1.54) is 27.5 Å². The molecule has 0 heterocycles. The Morgan fingerprint density at radius 1 is 0.833 bits per heavy atom. The standard InChI is InChI=1S/C26H23Br2NO/c1-17-10-11-18(2)25(12-17)29-15-21-13-22(27)14-24(28)26(21)30-16-20-8-5-7-19-6-3-4-9-23(19)20/h3-14,29H,15-16H2,1-2H3. The van der Waals surface area contributed by atoms with Crippen LogP contribution in [0.1, 0.15) is 22.3 Å². The Morgan fingerprint density at radius 2 is 1.63 bits per heavy atom. The van der Waals surface area contributed by atoms with Gasteiger partial charge >= 0.3 is 0 Å². The highest BCUT2D eigenvalue weighted by molar-refractivity contribution is 9.11. The molecule has 0 radical (unpaired) electrons. The van der Waals surface area contributed by atoms with E-state index in [1.807, 2.05) is 6.07 Å². The van der Waals surface area contributed by atoms with Crippen molar-refractivity contribution in [2.24, 2.45) is 0 Å². The van der Waals surface area contributed by atoms with Gasteiger partial charge in [0.2, 0.25) is 0 Å². The molecule has 0 fully saturated rings. The summed E-state index contributed by atoms with van der Waals surface area (Å²) in [5.74, 6) is 0.865. The maximum Gasteiger partial charge on any atom is 0.139 e. The molecule has 0 atom stereocenters. The molecule has 4 aromatic carbocycles. The van der Waals surface area contributed by atoms with Crippen molar-refractivity contribution in [3.63, 3.8) is 0 Å². The van der Waals surface area contributed by atoms with Gasteiger partial charge in [-0.3, -0.25) is 0 Å². The lowest BCUT2D eigenvalue weighted by Gasteiger charge is -2.17. The second-order valence-electron chi connectivity index (χ2n) is 7.47. The van der Waals surface area contributed by atoms with E-state index < -0.39 is 0 Å². The van der Waals surface area contributed by atoms with Gasteiger partial charge in [0.15, 0.2) is 0 Å². The number of anilines is 1. The number of fused-ring (bicyclic) bond motifs is 1. The molecule has 0 aliphatic heterocycles. The fourth-order valence-corrected chi connectivity index (χ4v) is 5.02. The van der Waals surface area contributed by atoms with Gasteiger partial charge in [-0.1, -0.05) is 70.5 Å². The van der Waals surface area contributed by atoms with E-state index in [4.69, 9.17) is 4.74 Å². The molecule has 0 aliphatic rings. The SMILES string of the molecule is Cc1ccc(C)c(NCc2cc(Br)cc(Br)c2OCc2cccc3ccccc23)c1. The van der Waals surface area contributed by atoms with Crippen LogP contribution < -0.4 is 10.1 Å². The first kappa shape index (κ1) is 21.0. The fourth-order valence-electron chi connectivity index (χ4n) is 3.59. The van der Waals surface area contributed by atoms with Gasteiger partial charge in [-0.2, -0.15) is 0 Å². The van der Waals surface area contributed by atoms with E-state index in [0.29, 0.717) is 13.2 Å². The van der Waals surface area contributed by atoms with E-state index in [9.17, 15) is 0 Å². The smallest absolute Gasteiger partial charge is 0.139 e. The predicted molar refractivity (Wildman–Crippen MR) is 133 cm³/mol. The summed E-state index contributed by atoms with van der Waals surface area (Å²) >= 11 is 7.31. The van der Waals surface area contributed by atoms with Crippen LogP contribution >= 0.6 is 31.9 Å². The summed E-state index contributed by atoms with van der Waals surface area (Å²) in [6.07, 6.45) is 0. The Balaban J connectivity index is 1.59. The predicted octanol–water partition coefficient (Wildman–Crippen LogP) is 8.17. The number of hydrogen-bond donors (Lipinski definition) is 1. The van der Waals surface area contributed by atoms with Crippen LogP contribution in [-0.4, -0.2) is 0 Å². The van der Waals surface area contributed by atoms with Gasteiger partial charge in [0.25, 0.3) is 0 Å². The average Bonchev–Trinajstić information content (AvgIpc) is 2.73. The van der Waals surface area contributed by atoms with E-state index in [-0.39, 0.29) is 0 Å². The Bertz CT molecular complexity index is 1200. The average molecular weight is 525 g/mol. The van der Waals surface area contributed by atoms with Gasteiger partial charge < -0.3 is 10.1 Å². The molecule has 0 saturated carbocycles. The lowest BCUT2D eigenvalue weighted by molar-refractivity contribution is 0.302. The van der Waals surface area contributed by atoms with Gasteiger partial charge in [-0.05, 0) is 75.4 Å². The fraction of sp³-hybridized carbons (Fsp3) is 0.154. The summed E-state index contributed by atoms with van der Waals surface area (Å²) in [6, 6.07) is 25.4. The van der Waals surface area contributed by atoms with Crippen LogP contribution in [0.4, 0.5) is 5.69 Å². The summed E-state index contributed by atoms with van der Waals surface area (Å²) in [5, 5.41) is 6.02. The van der Waals surface area contributed by atoms with Crippen molar-refractivity contribution >= 4 is 48.3 Å². The summed E-state index contributed by atoms with van der Waals surface area (Å²) < 4.78 is 8.31. The van der Waals surface area contributed by atoms with Gasteiger partial charge in [0, 0.05) is 22.3 Å². The van der Waals surface area contributed by atoms with Crippen LogP contribution in [-0.2, 0) is 13.2 Å². The van der Waals surface area contributed by atoms with Crippen LogP contribution in [0.2, 0.25) is 0 Å². The van der Waals surface area contributed by atoms with Crippen molar-refractivity contribution in [3.8, 4) is 5.75 Å². The molecule has 4 aromatic rings. The number of benzene rings is 4. The van der Waals surface area contributed by atoms with Gasteiger partial charge in [0.1, 0.15) is 12.4 Å². The number of ether oxygens (including phenoxy) is 1. The Kier molecular flexibility index (Phi) is 6.45. The minimum Gasteiger partial charge on any atom is -0.487 e. The molecule has 0 saturated heterocycles. The maximum absolute atomic E-state index is 6.35. The number of halogens is 2. The van der Waals surface area contributed by atoms with Crippen molar-refractivity contribution in [1.29, 1.82) is 0 Å². The summed E-state index contributed by atoms with van der Waals surface area (Å²) in [6.45, 7) is 5.42. The minimum atomic E-state index is 0.512. The Hall–Kier alpha value is -2.30. The number of hydrogen-bond acceptors (Lipinski definition) is 2. The second kappa shape index (κ2) is 9.23. The zero-order chi connectivity index (χ0) is 21.1. The molecule has 0 aromatic heterocycles. The summed E-state index contributed by atoms with van der Waals surface area (Å²) in [5.41, 5.74) is 5.89. The van der Waals surface area contributed by atoms with Crippen molar-refractivity contribution < 1.29 is 4.74 Å². The number of rotatable bonds is 6. The number of nitrogens with one attached hydrogen (secondary N) is 1. The topological polar surface area (TPSA) is 21.3 Å². The zero-order valence-electron chi connectivity index (χ0n) is 17.0. The van der Waals surface area contributed by atoms with Crippen LogP contribution in [0.5, 0.6) is 5.75 Å². The van der Waals surface area contributed by atoms with Gasteiger partial charge in [-0.15, -0.1) is 0 Å². The lowest BCUT2D eigenvalue weighted by Crippen LogP contribution is -2.06. The third-order valence-corrected chi connectivity index (χ3v) is 6.25. The highest BCUT2D eigenvalue weighted by Gasteiger charge is 2.12. The quantitative estimate of drug-likeness (QED) is 0.274. The first-order chi connectivity index (χ1) is 14.5. The highest BCUT2D eigenvalue weighted by Crippen LogP contribution is 2.35. The first-order valence-corrected chi connectivity index (χ1v) is 11.5. The van der Waals surface area contributed by atoms with Crippen molar-refractivity contribution in [1.82, 2.24) is 0 Å². The van der Waals surface area contributed by atoms with Gasteiger partial charge in [0.05, 0.1) is 4.47 Å². The second-order valence-corrected chi connectivity index (χ2v) is 9.24. The van der Waals surface area contributed by atoms with Crippen molar-refractivity contribution in [2.45, 2.75) is 27.0 Å². The number of aryl methyl sites for hydroxylation is 2. The van der Waals surface area contributed by atoms with E-state index in [1.54, 1.807) is 0 Å². The van der Waals surface area contributed by atoms with Crippen molar-refractivity contribution in [3.05, 3.63) is 104 Å². The van der Waals surface area contributed by atoms with Gasteiger partial charge in [-0.25, -0.2) is 0 Å². The molecule has 0 spiro atoms. The largest absolute Gasteiger partial charge is 0.487 e. The molecule has 2 nitrogen and oxygen atoms in total. The molecule has 4 rings (SSSR count). The van der Waals surface area contributed by atoms with Crippen molar-refractivity contribution in [2.75, 3.05) is 5.32 Å². The maximum atomic E-state index is 6.35. The molecular formula is C26H23Br2NO. The molecule has 0 aliphatic carbocycles.